The second-order valence-electron chi connectivity index (χ2n) is 5.90. The number of hydrogen-bond acceptors (Lipinski definition) is 6. The first kappa shape index (κ1) is 18.8. The fourth-order valence-electron chi connectivity index (χ4n) is 2.37. The van der Waals surface area contributed by atoms with Crippen LogP contribution in [0.2, 0.25) is 0 Å². The number of rotatable bonds is 5. The zero-order valence-electron chi connectivity index (χ0n) is 15.1. The minimum Gasteiger partial charge on any atom is -0.360 e. The number of aromatic nitrogens is 2. The summed E-state index contributed by atoms with van der Waals surface area (Å²) in [5.74, 6) is -0.416. The Bertz CT molecular complexity index is 1040. The highest BCUT2D eigenvalue weighted by Crippen LogP contribution is 2.16. The first-order chi connectivity index (χ1) is 13.4. The fourth-order valence-corrected chi connectivity index (χ4v) is 2.37. The van der Waals surface area contributed by atoms with E-state index in [1.165, 1.54) is 19.1 Å². The number of pyridine rings is 1. The third-order valence-electron chi connectivity index (χ3n) is 3.52. The molecular weight excluding hydrogens is 362 g/mol. The summed E-state index contributed by atoms with van der Waals surface area (Å²) >= 11 is 0. The molecular formula is C19H17N5O4. The van der Waals surface area contributed by atoms with Gasteiger partial charge >= 0.3 is 0 Å². The number of nitrogens with zero attached hydrogens (tertiary/aromatic N) is 2. The third kappa shape index (κ3) is 4.79. The van der Waals surface area contributed by atoms with Gasteiger partial charge < -0.3 is 20.5 Å². The Hall–Kier alpha value is -4.01. The van der Waals surface area contributed by atoms with E-state index in [4.69, 9.17) is 4.52 Å². The molecule has 0 aliphatic carbocycles. The highest BCUT2D eigenvalue weighted by Gasteiger charge is 2.14. The lowest BCUT2D eigenvalue weighted by atomic mass is 10.2. The molecule has 3 rings (SSSR count). The zero-order valence-corrected chi connectivity index (χ0v) is 15.1. The Morgan fingerprint density at radius 2 is 1.46 bits per heavy atom. The van der Waals surface area contributed by atoms with Gasteiger partial charge in [0.1, 0.15) is 17.1 Å². The van der Waals surface area contributed by atoms with Gasteiger partial charge in [0.2, 0.25) is 5.91 Å². The van der Waals surface area contributed by atoms with Crippen LogP contribution in [0.1, 0.15) is 33.7 Å². The van der Waals surface area contributed by atoms with Gasteiger partial charge in [0.15, 0.2) is 5.82 Å². The zero-order chi connectivity index (χ0) is 20.1. The van der Waals surface area contributed by atoms with Crippen molar-refractivity contribution in [1.29, 1.82) is 0 Å². The van der Waals surface area contributed by atoms with Crippen molar-refractivity contribution in [3.05, 3.63) is 65.7 Å². The summed E-state index contributed by atoms with van der Waals surface area (Å²) in [5, 5.41) is 11.5. The molecule has 0 radical (unpaired) electrons. The predicted molar refractivity (Wildman–Crippen MR) is 102 cm³/mol. The van der Waals surface area contributed by atoms with Crippen molar-refractivity contribution in [2.45, 2.75) is 13.8 Å². The molecule has 2 aromatic heterocycles. The van der Waals surface area contributed by atoms with Crippen LogP contribution in [0.3, 0.4) is 0 Å². The van der Waals surface area contributed by atoms with Crippen molar-refractivity contribution < 1.29 is 18.9 Å². The summed E-state index contributed by atoms with van der Waals surface area (Å²) < 4.78 is 4.89. The van der Waals surface area contributed by atoms with Gasteiger partial charge in [-0.2, -0.15) is 0 Å². The smallest absolute Gasteiger partial charge is 0.275 e. The molecule has 9 nitrogen and oxygen atoms in total. The Kier molecular flexibility index (Phi) is 5.45. The maximum absolute atomic E-state index is 12.5. The Balaban J connectivity index is 1.71. The summed E-state index contributed by atoms with van der Waals surface area (Å²) in [6, 6.07) is 12.8. The first-order valence-corrected chi connectivity index (χ1v) is 8.31. The molecule has 3 aromatic rings. The van der Waals surface area contributed by atoms with E-state index in [1.807, 2.05) is 0 Å². The number of hydrogen-bond donors (Lipinski definition) is 3. The van der Waals surface area contributed by atoms with Gasteiger partial charge in [0.25, 0.3) is 11.8 Å². The molecule has 3 N–H and O–H groups in total. The molecule has 28 heavy (non-hydrogen) atoms. The Labute approximate surface area is 160 Å². The lowest BCUT2D eigenvalue weighted by Crippen LogP contribution is -2.18. The molecule has 0 aliphatic rings. The summed E-state index contributed by atoms with van der Waals surface area (Å²) in [6.45, 7) is 3.10. The number of carbonyl (C=O) groups is 3. The second kappa shape index (κ2) is 8.12. The average Bonchev–Trinajstić information content (AvgIpc) is 3.06. The van der Waals surface area contributed by atoms with Crippen molar-refractivity contribution in [2.24, 2.45) is 0 Å². The van der Waals surface area contributed by atoms with E-state index in [1.54, 1.807) is 43.3 Å². The SMILES string of the molecule is CC(=O)Nc1cccc(NC(=O)c2cccc(C(=O)Nc3cc(C)on3)n2)c1. The molecule has 0 saturated heterocycles. The molecule has 0 bridgehead atoms. The van der Waals surface area contributed by atoms with Gasteiger partial charge in [-0.25, -0.2) is 4.98 Å². The maximum atomic E-state index is 12.5. The van der Waals surface area contributed by atoms with Crippen molar-refractivity contribution in [3.63, 3.8) is 0 Å². The number of benzene rings is 1. The fraction of sp³-hybridized carbons (Fsp3) is 0.105. The van der Waals surface area contributed by atoms with Gasteiger partial charge in [-0.15, -0.1) is 0 Å². The molecule has 0 fully saturated rings. The lowest BCUT2D eigenvalue weighted by molar-refractivity contribution is -0.114. The van der Waals surface area contributed by atoms with E-state index in [-0.39, 0.29) is 23.1 Å². The molecule has 0 aliphatic heterocycles. The predicted octanol–water partition coefficient (Wildman–Crippen LogP) is 2.84. The van der Waals surface area contributed by atoms with Crippen LogP contribution >= 0.6 is 0 Å². The highest BCUT2D eigenvalue weighted by molar-refractivity contribution is 6.06. The number of nitrogens with one attached hydrogen (secondary N) is 3. The van der Waals surface area contributed by atoms with E-state index in [9.17, 15) is 14.4 Å². The normalized spacial score (nSPS) is 10.2. The van der Waals surface area contributed by atoms with Gasteiger partial charge in [0, 0.05) is 24.4 Å². The van der Waals surface area contributed by atoms with Crippen LogP contribution in [0.5, 0.6) is 0 Å². The molecule has 0 unspecified atom stereocenters. The molecule has 9 heteroatoms. The van der Waals surface area contributed by atoms with E-state index < -0.39 is 11.8 Å². The van der Waals surface area contributed by atoms with E-state index >= 15 is 0 Å². The summed E-state index contributed by atoms with van der Waals surface area (Å²) in [4.78, 5) is 40.0. The number of amides is 3. The molecule has 0 atom stereocenters. The molecule has 2 heterocycles. The van der Waals surface area contributed by atoms with Gasteiger partial charge in [-0.1, -0.05) is 17.3 Å². The van der Waals surface area contributed by atoms with Gasteiger partial charge in [-0.3, -0.25) is 14.4 Å². The van der Waals surface area contributed by atoms with Crippen LogP contribution in [0, 0.1) is 6.92 Å². The largest absolute Gasteiger partial charge is 0.360 e. The summed E-state index contributed by atoms with van der Waals surface area (Å²) in [7, 11) is 0. The van der Waals surface area contributed by atoms with Crippen LogP contribution < -0.4 is 16.0 Å². The van der Waals surface area contributed by atoms with Crippen LogP contribution in [-0.4, -0.2) is 27.9 Å². The van der Waals surface area contributed by atoms with Crippen molar-refractivity contribution in [2.75, 3.05) is 16.0 Å². The van der Waals surface area contributed by atoms with E-state index in [2.05, 4.69) is 26.1 Å². The summed E-state index contributed by atoms with van der Waals surface area (Å²) in [5.41, 5.74) is 1.15. The minimum absolute atomic E-state index is 0.0558. The highest BCUT2D eigenvalue weighted by atomic mass is 16.5. The topological polar surface area (TPSA) is 126 Å². The van der Waals surface area contributed by atoms with Crippen LogP contribution in [0.15, 0.2) is 53.1 Å². The average molecular weight is 379 g/mol. The molecule has 142 valence electrons. The van der Waals surface area contributed by atoms with Crippen LogP contribution in [0.25, 0.3) is 0 Å². The summed E-state index contributed by atoms with van der Waals surface area (Å²) in [6.07, 6.45) is 0. The lowest BCUT2D eigenvalue weighted by Gasteiger charge is -2.08. The number of aryl methyl sites for hydroxylation is 1. The van der Waals surface area contributed by atoms with Crippen molar-refractivity contribution >= 4 is 34.9 Å². The minimum atomic E-state index is -0.518. The van der Waals surface area contributed by atoms with E-state index in [0.29, 0.717) is 17.1 Å². The van der Waals surface area contributed by atoms with Crippen LogP contribution in [-0.2, 0) is 4.79 Å². The van der Waals surface area contributed by atoms with Crippen LogP contribution in [0.4, 0.5) is 17.2 Å². The molecule has 1 aromatic carbocycles. The molecule has 3 amide bonds. The number of anilines is 3. The van der Waals surface area contributed by atoms with Gasteiger partial charge in [-0.05, 0) is 37.3 Å². The standard InChI is InChI=1S/C19H17N5O4/c1-11-9-17(24-28-11)23-19(27)16-8-4-7-15(22-16)18(26)21-14-6-3-5-13(10-14)20-12(2)25/h3-10H,1-2H3,(H,20,25)(H,21,26)(H,23,24,27). The van der Waals surface area contributed by atoms with Crippen molar-refractivity contribution in [1.82, 2.24) is 10.1 Å². The van der Waals surface area contributed by atoms with Crippen molar-refractivity contribution in [3.8, 4) is 0 Å². The molecule has 0 spiro atoms. The molecule has 0 saturated carbocycles. The van der Waals surface area contributed by atoms with Gasteiger partial charge in [0.05, 0.1) is 0 Å². The number of carbonyl (C=O) groups excluding carboxylic acids is 3. The van der Waals surface area contributed by atoms with E-state index in [0.717, 1.165) is 0 Å². The Morgan fingerprint density at radius 1 is 0.857 bits per heavy atom. The quantitative estimate of drug-likeness (QED) is 0.626. The maximum Gasteiger partial charge on any atom is 0.275 e. The first-order valence-electron chi connectivity index (χ1n) is 8.31. The monoisotopic (exact) mass is 379 g/mol. The Morgan fingerprint density at radius 3 is 2.07 bits per heavy atom. The third-order valence-corrected chi connectivity index (χ3v) is 3.52. The second-order valence-corrected chi connectivity index (χ2v) is 5.90.